The van der Waals surface area contributed by atoms with Gasteiger partial charge in [-0.25, -0.2) is 0 Å². The Bertz CT molecular complexity index is 562. The van der Waals surface area contributed by atoms with Crippen LogP contribution in [0.2, 0.25) is 0 Å². The van der Waals surface area contributed by atoms with Crippen molar-refractivity contribution in [1.29, 1.82) is 0 Å². The van der Waals surface area contributed by atoms with Crippen LogP contribution in [0.3, 0.4) is 0 Å². The number of nitrogens with one attached hydrogen (secondary N) is 3. The van der Waals surface area contributed by atoms with E-state index in [1.54, 1.807) is 7.05 Å². The Labute approximate surface area is 151 Å². The highest BCUT2D eigenvalue weighted by molar-refractivity contribution is 5.86. The minimum atomic E-state index is -0.0246. The van der Waals surface area contributed by atoms with E-state index in [0.717, 1.165) is 19.4 Å². The van der Waals surface area contributed by atoms with Crippen molar-refractivity contribution in [2.75, 3.05) is 20.1 Å². The van der Waals surface area contributed by atoms with Crippen LogP contribution in [0.15, 0.2) is 35.3 Å². The Morgan fingerprint density at radius 3 is 2.44 bits per heavy atom. The maximum Gasteiger partial charge on any atom is 0.239 e. The summed E-state index contributed by atoms with van der Waals surface area (Å²) in [5.41, 5.74) is 1.25. The summed E-state index contributed by atoms with van der Waals surface area (Å²) < 4.78 is 0. The molecule has 0 aliphatic heterocycles. The highest BCUT2D eigenvalue weighted by atomic mass is 16.2. The van der Waals surface area contributed by atoms with Crippen molar-refractivity contribution in [2.45, 2.75) is 57.4 Å². The van der Waals surface area contributed by atoms with Crippen molar-refractivity contribution in [3.05, 3.63) is 35.9 Å². The monoisotopic (exact) mass is 344 g/mol. The zero-order chi connectivity index (χ0) is 18.1. The summed E-state index contributed by atoms with van der Waals surface area (Å²) >= 11 is 0. The molecule has 0 atom stereocenters. The van der Waals surface area contributed by atoms with Crippen molar-refractivity contribution in [3.63, 3.8) is 0 Å². The topological polar surface area (TPSA) is 65.5 Å². The van der Waals surface area contributed by atoms with Gasteiger partial charge in [0, 0.05) is 25.0 Å². The number of benzene rings is 1. The SMILES string of the molecule is CN=C(NCC(=O)NC1CCCCC1)NCC(C)(C)c1ccccc1. The van der Waals surface area contributed by atoms with Crippen LogP contribution in [0.25, 0.3) is 0 Å². The summed E-state index contributed by atoms with van der Waals surface area (Å²) in [7, 11) is 1.73. The molecular weight excluding hydrogens is 312 g/mol. The van der Waals surface area contributed by atoms with E-state index in [1.807, 2.05) is 6.07 Å². The molecule has 0 aromatic heterocycles. The molecule has 5 heteroatoms. The number of guanidine groups is 1. The van der Waals surface area contributed by atoms with E-state index < -0.39 is 0 Å². The van der Waals surface area contributed by atoms with Crippen LogP contribution in [0.4, 0.5) is 0 Å². The Morgan fingerprint density at radius 2 is 1.80 bits per heavy atom. The summed E-state index contributed by atoms with van der Waals surface area (Å²) in [6.45, 7) is 5.37. The lowest BCUT2D eigenvalue weighted by molar-refractivity contribution is -0.120. The van der Waals surface area contributed by atoms with Crippen LogP contribution in [0, 0.1) is 0 Å². The summed E-state index contributed by atoms with van der Waals surface area (Å²) in [5.74, 6) is 0.694. The molecule has 0 radical (unpaired) electrons. The van der Waals surface area contributed by atoms with Gasteiger partial charge in [0.25, 0.3) is 0 Å². The first-order chi connectivity index (χ1) is 12.0. The minimum absolute atomic E-state index is 0.0246. The van der Waals surface area contributed by atoms with Gasteiger partial charge < -0.3 is 16.0 Å². The quantitative estimate of drug-likeness (QED) is 0.549. The molecule has 0 heterocycles. The Kier molecular flexibility index (Phi) is 7.29. The van der Waals surface area contributed by atoms with Gasteiger partial charge in [-0.05, 0) is 18.4 Å². The standard InChI is InChI=1S/C20H32N4O/c1-20(2,16-10-6-4-7-11-16)15-23-19(21-3)22-14-18(25)24-17-12-8-5-9-13-17/h4,6-7,10-11,17H,5,8-9,12-15H2,1-3H3,(H,24,25)(H2,21,22,23). The molecule has 1 aromatic carbocycles. The lowest BCUT2D eigenvalue weighted by Crippen LogP contribution is -2.48. The molecule has 0 saturated heterocycles. The number of amides is 1. The van der Waals surface area contributed by atoms with Gasteiger partial charge >= 0.3 is 0 Å². The third-order valence-corrected chi connectivity index (χ3v) is 4.86. The largest absolute Gasteiger partial charge is 0.356 e. The van der Waals surface area contributed by atoms with E-state index in [4.69, 9.17) is 0 Å². The molecule has 0 spiro atoms. The van der Waals surface area contributed by atoms with Crippen molar-refractivity contribution in [3.8, 4) is 0 Å². The molecule has 3 N–H and O–H groups in total. The van der Waals surface area contributed by atoms with Crippen LogP contribution in [-0.2, 0) is 10.2 Å². The van der Waals surface area contributed by atoms with Gasteiger partial charge in [-0.15, -0.1) is 0 Å². The number of hydrogen-bond acceptors (Lipinski definition) is 2. The van der Waals surface area contributed by atoms with Crippen molar-refractivity contribution in [1.82, 2.24) is 16.0 Å². The second-order valence-electron chi connectivity index (χ2n) is 7.43. The molecule has 1 aliphatic carbocycles. The molecule has 0 bridgehead atoms. The number of nitrogens with zero attached hydrogens (tertiary/aromatic N) is 1. The predicted molar refractivity (Wildman–Crippen MR) is 104 cm³/mol. The molecule has 2 rings (SSSR count). The smallest absolute Gasteiger partial charge is 0.239 e. The van der Waals surface area contributed by atoms with E-state index >= 15 is 0 Å². The van der Waals surface area contributed by atoms with Gasteiger partial charge in [-0.1, -0.05) is 63.4 Å². The Morgan fingerprint density at radius 1 is 1.12 bits per heavy atom. The van der Waals surface area contributed by atoms with Gasteiger partial charge in [-0.3, -0.25) is 9.79 Å². The summed E-state index contributed by atoms with van der Waals surface area (Å²) in [6.07, 6.45) is 5.93. The number of rotatable bonds is 6. The van der Waals surface area contributed by atoms with Crippen molar-refractivity contribution >= 4 is 11.9 Å². The van der Waals surface area contributed by atoms with Gasteiger partial charge in [0.1, 0.15) is 0 Å². The minimum Gasteiger partial charge on any atom is -0.356 e. The molecule has 1 aromatic rings. The normalized spacial score (nSPS) is 16.4. The lowest BCUT2D eigenvalue weighted by Gasteiger charge is -2.27. The summed E-state index contributed by atoms with van der Waals surface area (Å²) in [4.78, 5) is 16.3. The zero-order valence-corrected chi connectivity index (χ0v) is 15.8. The van der Waals surface area contributed by atoms with Crippen LogP contribution < -0.4 is 16.0 Å². The van der Waals surface area contributed by atoms with Crippen LogP contribution in [-0.4, -0.2) is 38.0 Å². The van der Waals surface area contributed by atoms with E-state index in [-0.39, 0.29) is 17.9 Å². The van der Waals surface area contributed by atoms with Gasteiger partial charge in [0.05, 0.1) is 6.54 Å². The van der Waals surface area contributed by atoms with Crippen LogP contribution in [0.5, 0.6) is 0 Å². The average molecular weight is 345 g/mol. The maximum atomic E-state index is 12.1. The highest BCUT2D eigenvalue weighted by Gasteiger charge is 2.21. The number of hydrogen-bond donors (Lipinski definition) is 3. The van der Waals surface area contributed by atoms with Crippen molar-refractivity contribution < 1.29 is 4.79 Å². The lowest BCUT2D eigenvalue weighted by atomic mass is 9.85. The van der Waals surface area contributed by atoms with Gasteiger partial charge in [0.15, 0.2) is 5.96 Å². The predicted octanol–water partition coefficient (Wildman–Crippen LogP) is 2.58. The highest BCUT2D eigenvalue weighted by Crippen LogP contribution is 2.21. The van der Waals surface area contributed by atoms with Crippen LogP contribution in [0.1, 0.15) is 51.5 Å². The Hall–Kier alpha value is -2.04. The van der Waals surface area contributed by atoms with E-state index in [9.17, 15) is 4.79 Å². The zero-order valence-electron chi connectivity index (χ0n) is 15.8. The second kappa shape index (κ2) is 9.44. The fraction of sp³-hybridized carbons (Fsp3) is 0.600. The fourth-order valence-electron chi connectivity index (χ4n) is 3.21. The summed E-state index contributed by atoms with van der Waals surface area (Å²) in [6, 6.07) is 10.7. The summed E-state index contributed by atoms with van der Waals surface area (Å²) in [5, 5.41) is 9.55. The van der Waals surface area contributed by atoms with E-state index in [0.29, 0.717) is 12.0 Å². The third-order valence-electron chi connectivity index (χ3n) is 4.86. The number of carbonyl (C=O) groups is 1. The van der Waals surface area contributed by atoms with E-state index in [2.05, 4.69) is 59.1 Å². The molecule has 0 unspecified atom stereocenters. The Balaban J connectivity index is 1.75. The number of aliphatic imine (C=N–C) groups is 1. The van der Waals surface area contributed by atoms with E-state index in [1.165, 1.54) is 24.8 Å². The molecule has 25 heavy (non-hydrogen) atoms. The van der Waals surface area contributed by atoms with Gasteiger partial charge in [0.2, 0.25) is 5.91 Å². The second-order valence-corrected chi connectivity index (χ2v) is 7.43. The number of carbonyl (C=O) groups excluding carboxylic acids is 1. The third kappa shape index (κ3) is 6.40. The average Bonchev–Trinajstić information content (AvgIpc) is 2.63. The van der Waals surface area contributed by atoms with Crippen molar-refractivity contribution in [2.24, 2.45) is 4.99 Å². The van der Waals surface area contributed by atoms with Crippen LogP contribution >= 0.6 is 0 Å². The fourth-order valence-corrected chi connectivity index (χ4v) is 3.21. The molecular formula is C20H32N4O. The molecule has 1 aliphatic rings. The molecule has 1 amide bonds. The van der Waals surface area contributed by atoms with Gasteiger partial charge in [-0.2, -0.15) is 0 Å². The molecule has 1 saturated carbocycles. The first kappa shape index (κ1) is 19.3. The maximum absolute atomic E-state index is 12.1. The molecule has 1 fully saturated rings. The first-order valence-electron chi connectivity index (χ1n) is 9.31. The first-order valence-corrected chi connectivity index (χ1v) is 9.31. The molecule has 138 valence electrons. The molecule has 5 nitrogen and oxygen atoms in total.